The van der Waals surface area contributed by atoms with E-state index in [0.717, 1.165) is 10.4 Å². The standard InChI is InChI=1S/C16H14ClNO3S/c1-11-8-9-22-14(11)6-7-16(20)21-10-15(19)18-13-5-3-2-4-12(13)17/h2-9H,10H2,1H3,(H,18,19)/b7-6+. The Morgan fingerprint density at radius 1 is 1.32 bits per heavy atom. The van der Waals surface area contributed by atoms with Gasteiger partial charge >= 0.3 is 5.97 Å². The minimum absolute atomic E-state index is 0.363. The van der Waals surface area contributed by atoms with Gasteiger partial charge in [0, 0.05) is 11.0 Å². The molecule has 114 valence electrons. The van der Waals surface area contributed by atoms with Gasteiger partial charge in [0.2, 0.25) is 0 Å². The lowest BCUT2D eigenvalue weighted by Gasteiger charge is -2.06. The van der Waals surface area contributed by atoms with Gasteiger partial charge in [-0.25, -0.2) is 4.79 Å². The zero-order chi connectivity index (χ0) is 15.9. The molecule has 2 rings (SSSR count). The molecule has 0 saturated heterocycles. The van der Waals surface area contributed by atoms with E-state index in [0.29, 0.717) is 10.7 Å². The lowest BCUT2D eigenvalue weighted by atomic mass is 10.3. The maximum atomic E-state index is 11.7. The largest absolute Gasteiger partial charge is 0.452 e. The molecular weight excluding hydrogens is 322 g/mol. The molecule has 22 heavy (non-hydrogen) atoms. The molecule has 1 N–H and O–H groups in total. The average Bonchev–Trinajstić information content (AvgIpc) is 2.91. The maximum Gasteiger partial charge on any atom is 0.331 e. The molecule has 4 nitrogen and oxygen atoms in total. The zero-order valence-corrected chi connectivity index (χ0v) is 13.4. The van der Waals surface area contributed by atoms with Crippen LogP contribution in [0.1, 0.15) is 10.4 Å². The Labute approximate surface area is 137 Å². The van der Waals surface area contributed by atoms with Crippen molar-refractivity contribution in [2.45, 2.75) is 6.92 Å². The number of rotatable bonds is 5. The fourth-order valence-electron chi connectivity index (χ4n) is 1.63. The molecule has 2 aromatic rings. The molecule has 1 aromatic heterocycles. The van der Waals surface area contributed by atoms with Crippen LogP contribution in [0.5, 0.6) is 0 Å². The minimum Gasteiger partial charge on any atom is -0.452 e. The second-order valence-corrected chi connectivity index (χ2v) is 5.79. The molecule has 0 aliphatic heterocycles. The summed E-state index contributed by atoms with van der Waals surface area (Å²) in [5.74, 6) is -1.01. The Hall–Kier alpha value is -2.11. The number of aryl methyl sites for hydroxylation is 1. The fourth-order valence-corrected chi connectivity index (χ4v) is 2.63. The van der Waals surface area contributed by atoms with Crippen LogP contribution < -0.4 is 5.32 Å². The Kier molecular flexibility index (Phi) is 5.75. The van der Waals surface area contributed by atoms with Crippen LogP contribution >= 0.6 is 22.9 Å². The summed E-state index contributed by atoms with van der Waals surface area (Å²) in [5.41, 5.74) is 1.57. The van der Waals surface area contributed by atoms with Gasteiger partial charge in [0.15, 0.2) is 6.61 Å². The number of esters is 1. The van der Waals surface area contributed by atoms with Gasteiger partial charge in [0.25, 0.3) is 5.91 Å². The van der Waals surface area contributed by atoms with Gasteiger partial charge in [-0.2, -0.15) is 0 Å². The molecule has 1 heterocycles. The highest BCUT2D eigenvalue weighted by atomic mass is 35.5. The predicted molar refractivity (Wildman–Crippen MR) is 89.1 cm³/mol. The smallest absolute Gasteiger partial charge is 0.331 e. The molecule has 0 aliphatic carbocycles. The second-order valence-electron chi connectivity index (χ2n) is 4.44. The van der Waals surface area contributed by atoms with E-state index in [2.05, 4.69) is 5.32 Å². The second kappa shape index (κ2) is 7.77. The first-order chi connectivity index (χ1) is 10.6. The van der Waals surface area contributed by atoms with Crippen molar-refractivity contribution in [3.05, 3.63) is 57.3 Å². The van der Waals surface area contributed by atoms with Crippen molar-refractivity contribution in [2.75, 3.05) is 11.9 Å². The Bertz CT molecular complexity index is 709. The van der Waals surface area contributed by atoms with Crippen molar-refractivity contribution < 1.29 is 14.3 Å². The van der Waals surface area contributed by atoms with Crippen molar-refractivity contribution in [2.24, 2.45) is 0 Å². The molecule has 0 aliphatic rings. The lowest BCUT2D eigenvalue weighted by molar-refractivity contribution is -0.142. The summed E-state index contributed by atoms with van der Waals surface area (Å²) in [6, 6.07) is 8.80. The number of hydrogen-bond donors (Lipinski definition) is 1. The van der Waals surface area contributed by atoms with E-state index in [9.17, 15) is 9.59 Å². The SMILES string of the molecule is Cc1ccsc1/C=C/C(=O)OCC(=O)Nc1ccccc1Cl. The third-order valence-corrected chi connectivity index (χ3v) is 4.08. The van der Waals surface area contributed by atoms with Crippen molar-refractivity contribution in [1.82, 2.24) is 0 Å². The average molecular weight is 336 g/mol. The summed E-state index contributed by atoms with van der Waals surface area (Å²) >= 11 is 7.45. The molecule has 0 spiro atoms. The molecule has 0 saturated carbocycles. The Morgan fingerprint density at radius 2 is 2.09 bits per heavy atom. The molecule has 0 bridgehead atoms. The van der Waals surface area contributed by atoms with Gasteiger partial charge in [0.05, 0.1) is 10.7 Å². The Balaban J connectivity index is 1.81. The van der Waals surface area contributed by atoms with Crippen LogP contribution in [0.4, 0.5) is 5.69 Å². The van der Waals surface area contributed by atoms with Crippen LogP contribution in [0.25, 0.3) is 6.08 Å². The summed E-state index contributed by atoms with van der Waals surface area (Å²) in [6.45, 7) is 1.59. The number of hydrogen-bond acceptors (Lipinski definition) is 4. The highest BCUT2D eigenvalue weighted by molar-refractivity contribution is 7.11. The van der Waals surface area contributed by atoms with E-state index in [1.807, 2.05) is 18.4 Å². The van der Waals surface area contributed by atoms with Crippen molar-refractivity contribution in [3.63, 3.8) is 0 Å². The van der Waals surface area contributed by atoms with Crippen LogP contribution in [-0.2, 0) is 14.3 Å². The van der Waals surface area contributed by atoms with E-state index in [1.54, 1.807) is 30.3 Å². The maximum absolute atomic E-state index is 11.7. The molecular formula is C16H14ClNO3S. The van der Waals surface area contributed by atoms with E-state index >= 15 is 0 Å². The predicted octanol–water partition coefficient (Wildman–Crippen LogP) is 3.91. The minimum atomic E-state index is -0.567. The summed E-state index contributed by atoms with van der Waals surface area (Å²) in [5, 5.41) is 4.94. The van der Waals surface area contributed by atoms with Gasteiger partial charge < -0.3 is 10.1 Å². The third-order valence-electron chi connectivity index (χ3n) is 2.77. The van der Waals surface area contributed by atoms with Gasteiger partial charge in [-0.1, -0.05) is 23.7 Å². The topological polar surface area (TPSA) is 55.4 Å². The zero-order valence-electron chi connectivity index (χ0n) is 11.8. The van der Waals surface area contributed by atoms with Crippen LogP contribution in [0.15, 0.2) is 41.8 Å². The number of para-hydroxylation sites is 1. The van der Waals surface area contributed by atoms with Gasteiger partial charge in [-0.3, -0.25) is 4.79 Å². The molecule has 1 amide bonds. The van der Waals surface area contributed by atoms with Crippen LogP contribution in [0, 0.1) is 6.92 Å². The summed E-state index contributed by atoms with van der Waals surface area (Å²) < 4.78 is 4.88. The highest BCUT2D eigenvalue weighted by Gasteiger charge is 2.07. The van der Waals surface area contributed by atoms with Gasteiger partial charge in [0.1, 0.15) is 0 Å². The molecule has 0 atom stereocenters. The van der Waals surface area contributed by atoms with E-state index in [1.165, 1.54) is 17.4 Å². The number of anilines is 1. The first-order valence-corrected chi connectivity index (χ1v) is 7.75. The fraction of sp³-hybridized carbons (Fsp3) is 0.125. The third kappa shape index (κ3) is 4.72. The van der Waals surface area contributed by atoms with Crippen molar-refractivity contribution in [3.8, 4) is 0 Å². The van der Waals surface area contributed by atoms with E-state index in [4.69, 9.17) is 16.3 Å². The van der Waals surface area contributed by atoms with Crippen molar-refractivity contribution in [1.29, 1.82) is 0 Å². The van der Waals surface area contributed by atoms with Crippen molar-refractivity contribution >= 4 is 46.6 Å². The Morgan fingerprint density at radius 3 is 2.77 bits per heavy atom. The van der Waals surface area contributed by atoms with E-state index < -0.39 is 11.9 Å². The number of carbonyl (C=O) groups is 2. The summed E-state index contributed by atoms with van der Waals surface area (Å²) in [7, 11) is 0. The molecule has 0 unspecified atom stereocenters. The summed E-state index contributed by atoms with van der Waals surface area (Å²) in [4.78, 5) is 24.2. The van der Waals surface area contributed by atoms with Gasteiger partial charge in [-0.15, -0.1) is 11.3 Å². The molecule has 1 aromatic carbocycles. The van der Waals surface area contributed by atoms with Gasteiger partial charge in [-0.05, 0) is 42.1 Å². The quantitative estimate of drug-likeness (QED) is 0.666. The number of benzene rings is 1. The first kappa shape index (κ1) is 16.3. The monoisotopic (exact) mass is 335 g/mol. The molecule has 0 radical (unpaired) electrons. The number of amides is 1. The first-order valence-electron chi connectivity index (χ1n) is 6.49. The normalized spacial score (nSPS) is 10.6. The number of carbonyl (C=O) groups excluding carboxylic acids is 2. The van der Waals surface area contributed by atoms with E-state index in [-0.39, 0.29) is 6.61 Å². The molecule has 6 heteroatoms. The molecule has 0 fully saturated rings. The highest BCUT2D eigenvalue weighted by Crippen LogP contribution is 2.20. The number of nitrogens with one attached hydrogen (secondary N) is 1. The number of ether oxygens (including phenoxy) is 1. The number of thiophene rings is 1. The van der Waals surface area contributed by atoms with Crippen LogP contribution in [0.2, 0.25) is 5.02 Å². The van der Waals surface area contributed by atoms with Crippen LogP contribution in [-0.4, -0.2) is 18.5 Å². The summed E-state index contributed by atoms with van der Waals surface area (Å²) in [6.07, 6.45) is 2.98. The number of halogens is 1. The van der Waals surface area contributed by atoms with Crippen LogP contribution in [0.3, 0.4) is 0 Å². The lowest BCUT2D eigenvalue weighted by Crippen LogP contribution is -2.20.